The highest BCUT2D eigenvalue weighted by molar-refractivity contribution is 5.76. The van der Waals surface area contributed by atoms with Gasteiger partial charge in [-0.1, -0.05) is 19.3 Å². The van der Waals surface area contributed by atoms with Gasteiger partial charge in [0.2, 0.25) is 0 Å². The van der Waals surface area contributed by atoms with Crippen LogP contribution in [0, 0.1) is 5.41 Å². The summed E-state index contributed by atoms with van der Waals surface area (Å²) in [6.45, 7) is 1.93. The van der Waals surface area contributed by atoms with E-state index in [9.17, 15) is 9.59 Å². The fraction of sp³-hybridized carbons (Fsp3) is 0.833. The Morgan fingerprint density at radius 3 is 2.41 bits per heavy atom. The Morgan fingerprint density at radius 1 is 1.18 bits per heavy atom. The first-order chi connectivity index (χ1) is 8.11. The molecule has 1 saturated carbocycles. The largest absolute Gasteiger partial charge is 0.481 e. The lowest BCUT2D eigenvalue weighted by Crippen LogP contribution is -2.61. The van der Waals surface area contributed by atoms with Crippen LogP contribution in [0.3, 0.4) is 0 Å². The third-order valence-electron chi connectivity index (χ3n) is 3.87. The topological polar surface area (TPSA) is 69.6 Å². The van der Waals surface area contributed by atoms with Crippen LogP contribution in [-0.2, 0) is 4.79 Å². The van der Waals surface area contributed by atoms with Gasteiger partial charge in [0.05, 0.1) is 6.42 Å². The van der Waals surface area contributed by atoms with Crippen molar-refractivity contribution in [3.05, 3.63) is 0 Å². The van der Waals surface area contributed by atoms with Crippen molar-refractivity contribution in [1.29, 1.82) is 0 Å². The molecule has 0 bridgehead atoms. The van der Waals surface area contributed by atoms with E-state index in [-0.39, 0.29) is 19.0 Å². The Bertz CT molecular complexity index is 303. The summed E-state index contributed by atoms with van der Waals surface area (Å²) < 4.78 is 0. The molecule has 2 rings (SSSR count). The molecule has 0 aromatic carbocycles. The summed E-state index contributed by atoms with van der Waals surface area (Å²) >= 11 is 0. The van der Waals surface area contributed by atoms with Crippen LogP contribution < -0.4 is 5.32 Å². The number of urea groups is 1. The number of hydrogen-bond acceptors (Lipinski definition) is 2. The summed E-state index contributed by atoms with van der Waals surface area (Å²) in [6, 6.07) is -0.109. The lowest BCUT2D eigenvalue weighted by Gasteiger charge is -2.52. The number of hydrogen-bond donors (Lipinski definition) is 2. The molecule has 5 nitrogen and oxygen atoms in total. The van der Waals surface area contributed by atoms with E-state index in [2.05, 4.69) is 5.32 Å². The van der Waals surface area contributed by atoms with Crippen molar-refractivity contribution in [3.63, 3.8) is 0 Å². The molecule has 0 atom stereocenters. The number of amides is 2. The minimum absolute atomic E-state index is 0.00920. The maximum absolute atomic E-state index is 11.7. The average molecular weight is 240 g/mol. The molecule has 1 saturated heterocycles. The normalized spacial score (nSPS) is 22.0. The van der Waals surface area contributed by atoms with Crippen LogP contribution in [0.2, 0.25) is 0 Å². The Morgan fingerprint density at radius 2 is 1.82 bits per heavy atom. The number of rotatable bonds is 3. The van der Waals surface area contributed by atoms with Crippen molar-refractivity contribution in [2.45, 2.75) is 38.5 Å². The van der Waals surface area contributed by atoms with Crippen LogP contribution >= 0.6 is 0 Å². The second kappa shape index (κ2) is 4.94. The zero-order valence-corrected chi connectivity index (χ0v) is 10.1. The zero-order valence-electron chi connectivity index (χ0n) is 10.1. The highest BCUT2D eigenvalue weighted by Gasteiger charge is 2.45. The number of likely N-dealkylation sites (tertiary alicyclic amines) is 1. The number of carbonyl (C=O) groups is 2. The minimum Gasteiger partial charge on any atom is -0.481 e. The summed E-state index contributed by atoms with van der Waals surface area (Å²) in [5, 5.41) is 11.1. The van der Waals surface area contributed by atoms with Crippen LogP contribution in [0.1, 0.15) is 38.5 Å². The van der Waals surface area contributed by atoms with Crippen molar-refractivity contribution in [2.75, 3.05) is 19.6 Å². The molecule has 0 aromatic rings. The van der Waals surface area contributed by atoms with Gasteiger partial charge in [0.15, 0.2) is 0 Å². The molecule has 2 N–H and O–H groups in total. The van der Waals surface area contributed by atoms with E-state index in [1.807, 2.05) is 0 Å². The summed E-state index contributed by atoms with van der Waals surface area (Å²) in [5.41, 5.74) is 0.391. The van der Waals surface area contributed by atoms with E-state index in [0.29, 0.717) is 5.41 Å². The van der Waals surface area contributed by atoms with E-state index in [1.165, 1.54) is 32.1 Å². The van der Waals surface area contributed by atoms with Crippen LogP contribution in [0.5, 0.6) is 0 Å². The first-order valence-electron chi connectivity index (χ1n) is 6.36. The molecular formula is C12H20N2O3. The van der Waals surface area contributed by atoms with Gasteiger partial charge in [-0.3, -0.25) is 4.79 Å². The molecule has 1 spiro atoms. The smallest absolute Gasteiger partial charge is 0.317 e. The van der Waals surface area contributed by atoms with Gasteiger partial charge in [-0.15, -0.1) is 0 Å². The molecule has 0 radical (unpaired) electrons. The van der Waals surface area contributed by atoms with Crippen molar-refractivity contribution >= 4 is 12.0 Å². The summed E-state index contributed by atoms with van der Waals surface area (Å²) in [5.74, 6) is -0.877. The molecule has 2 fully saturated rings. The molecule has 96 valence electrons. The van der Waals surface area contributed by atoms with Gasteiger partial charge in [0.1, 0.15) is 0 Å². The molecule has 1 heterocycles. The van der Waals surface area contributed by atoms with Gasteiger partial charge < -0.3 is 15.3 Å². The Hall–Kier alpha value is -1.26. The standard InChI is InChI=1S/C12H20N2O3/c15-10(16)4-7-13-11(17)14-8-12(9-14)5-2-1-3-6-12/h1-9H2,(H,13,17)(H,15,16). The fourth-order valence-electron chi connectivity index (χ4n) is 2.91. The summed E-state index contributed by atoms with van der Waals surface area (Å²) in [7, 11) is 0. The lowest BCUT2D eigenvalue weighted by atomic mass is 9.69. The van der Waals surface area contributed by atoms with Crippen molar-refractivity contribution < 1.29 is 14.7 Å². The Balaban J connectivity index is 1.68. The highest BCUT2D eigenvalue weighted by Crippen LogP contribution is 2.43. The predicted molar refractivity (Wildman–Crippen MR) is 62.7 cm³/mol. The van der Waals surface area contributed by atoms with E-state index >= 15 is 0 Å². The highest BCUT2D eigenvalue weighted by atomic mass is 16.4. The molecule has 2 amide bonds. The molecular weight excluding hydrogens is 220 g/mol. The van der Waals surface area contributed by atoms with E-state index in [1.54, 1.807) is 4.90 Å². The van der Waals surface area contributed by atoms with Gasteiger partial charge in [-0.2, -0.15) is 0 Å². The van der Waals surface area contributed by atoms with E-state index in [4.69, 9.17) is 5.11 Å². The third kappa shape index (κ3) is 2.90. The van der Waals surface area contributed by atoms with Crippen molar-refractivity contribution in [2.24, 2.45) is 5.41 Å². The number of nitrogens with one attached hydrogen (secondary N) is 1. The van der Waals surface area contributed by atoms with E-state index < -0.39 is 5.97 Å². The van der Waals surface area contributed by atoms with Crippen LogP contribution in [0.15, 0.2) is 0 Å². The van der Waals surface area contributed by atoms with E-state index in [0.717, 1.165) is 13.1 Å². The van der Waals surface area contributed by atoms with Gasteiger partial charge in [0.25, 0.3) is 0 Å². The second-order valence-corrected chi connectivity index (χ2v) is 5.29. The minimum atomic E-state index is -0.877. The third-order valence-corrected chi connectivity index (χ3v) is 3.87. The molecule has 0 unspecified atom stereocenters. The molecule has 5 heteroatoms. The molecule has 2 aliphatic rings. The van der Waals surface area contributed by atoms with Gasteiger partial charge >= 0.3 is 12.0 Å². The zero-order chi connectivity index (χ0) is 12.3. The summed E-state index contributed by atoms with van der Waals surface area (Å²) in [4.78, 5) is 23.8. The lowest BCUT2D eigenvalue weighted by molar-refractivity contribution is -0.136. The molecule has 1 aliphatic heterocycles. The number of nitrogens with zero attached hydrogens (tertiary/aromatic N) is 1. The number of carbonyl (C=O) groups excluding carboxylic acids is 1. The van der Waals surface area contributed by atoms with Crippen LogP contribution in [0.4, 0.5) is 4.79 Å². The summed E-state index contributed by atoms with van der Waals surface area (Å²) in [6.07, 6.45) is 6.37. The molecule has 17 heavy (non-hydrogen) atoms. The van der Waals surface area contributed by atoms with Crippen molar-refractivity contribution in [1.82, 2.24) is 10.2 Å². The average Bonchev–Trinajstić information content (AvgIpc) is 2.26. The first kappa shape index (κ1) is 12.2. The van der Waals surface area contributed by atoms with Gasteiger partial charge in [0, 0.05) is 25.0 Å². The van der Waals surface area contributed by atoms with Crippen LogP contribution in [0.25, 0.3) is 0 Å². The first-order valence-corrected chi connectivity index (χ1v) is 6.36. The number of carboxylic acid groups (broad SMARTS) is 1. The predicted octanol–water partition coefficient (Wildman–Crippen LogP) is 1.44. The Labute approximate surface area is 101 Å². The van der Waals surface area contributed by atoms with Gasteiger partial charge in [-0.05, 0) is 12.8 Å². The fourth-order valence-corrected chi connectivity index (χ4v) is 2.91. The molecule has 1 aliphatic carbocycles. The van der Waals surface area contributed by atoms with Crippen LogP contribution in [-0.4, -0.2) is 41.6 Å². The maximum Gasteiger partial charge on any atom is 0.317 e. The van der Waals surface area contributed by atoms with Crippen molar-refractivity contribution in [3.8, 4) is 0 Å². The van der Waals surface area contributed by atoms with Gasteiger partial charge in [-0.25, -0.2) is 4.79 Å². The SMILES string of the molecule is O=C(O)CCNC(=O)N1CC2(CCCCC2)C1. The maximum atomic E-state index is 11.7. The number of carboxylic acids is 1. The quantitative estimate of drug-likeness (QED) is 0.784. The number of aliphatic carboxylic acids is 1. The monoisotopic (exact) mass is 240 g/mol. The second-order valence-electron chi connectivity index (χ2n) is 5.29. The Kier molecular flexibility index (Phi) is 3.54. The molecule has 0 aromatic heterocycles.